The second kappa shape index (κ2) is 2.58. The quantitative estimate of drug-likeness (QED) is 0.522. The van der Waals surface area contributed by atoms with Gasteiger partial charge in [0.15, 0.2) is 0 Å². The highest BCUT2D eigenvalue weighted by atomic mass is 15.0. The Morgan fingerprint density at radius 1 is 1.07 bits per heavy atom. The Morgan fingerprint density at radius 3 is 2.93 bits per heavy atom. The summed E-state index contributed by atoms with van der Waals surface area (Å²) in [5.41, 5.74) is 4.55. The molecule has 1 aromatic carbocycles. The van der Waals surface area contributed by atoms with Crippen LogP contribution in [0.2, 0.25) is 0 Å². The lowest BCUT2D eigenvalue weighted by atomic mass is 10.2. The topological polar surface area (TPSA) is 17.3 Å². The van der Waals surface area contributed by atoms with Crippen molar-refractivity contribution in [1.29, 1.82) is 0 Å². The van der Waals surface area contributed by atoms with E-state index in [1.807, 2.05) is 24.3 Å². The van der Waals surface area contributed by atoms with Crippen LogP contribution < -0.4 is 0 Å². The van der Waals surface area contributed by atoms with E-state index in [0.29, 0.717) is 0 Å². The molecule has 3 rings (SSSR count). The van der Waals surface area contributed by atoms with Crippen LogP contribution in [0.5, 0.6) is 0 Å². The van der Waals surface area contributed by atoms with Crippen molar-refractivity contribution in [2.45, 2.75) is 6.92 Å². The molecule has 2 aromatic heterocycles. The zero-order valence-corrected chi connectivity index (χ0v) is 7.94. The van der Waals surface area contributed by atoms with Gasteiger partial charge in [-0.2, -0.15) is 0 Å². The van der Waals surface area contributed by atoms with Crippen molar-refractivity contribution in [2.75, 3.05) is 0 Å². The van der Waals surface area contributed by atoms with Crippen molar-refractivity contribution in [3.63, 3.8) is 0 Å². The second-order valence-electron chi connectivity index (χ2n) is 3.48. The number of hydrogen-bond acceptors (Lipinski definition) is 1. The van der Waals surface area contributed by atoms with Crippen LogP contribution in [0.4, 0.5) is 0 Å². The van der Waals surface area contributed by atoms with E-state index in [2.05, 4.69) is 34.6 Å². The van der Waals surface area contributed by atoms with E-state index in [-0.39, 0.29) is 0 Å². The molecule has 0 amide bonds. The minimum atomic E-state index is 1.01. The Kier molecular flexibility index (Phi) is 1.39. The van der Waals surface area contributed by atoms with E-state index in [1.165, 1.54) is 11.1 Å². The number of imidazole rings is 1. The van der Waals surface area contributed by atoms with Gasteiger partial charge >= 0.3 is 0 Å². The number of rotatable bonds is 0. The number of aryl methyl sites for hydroxylation is 1. The van der Waals surface area contributed by atoms with E-state index in [0.717, 1.165) is 11.2 Å². The molecule has 0 saturated carbocycles. The van der Waals surface area contributed by atoms with Crippen LogP contribution in [0.25, 0.3) is 16.7 Å². The van der Waals surface area contributed by atoms with Gasteiger partial charge in [0, 0.05) is 6.20 Å². The molecule has 0 spiro atoms. The summed E-state index contributed by atoms with van der Waals surface area (Å²) < 4.78 is 2.13. The van der Waals surface area contributed by atoms with Crippen LogP contribution in [0.1, 0.15) is 5.56 Å². The summed E-state index contributed by atoms with van der Waals surface area (Å²) in [6.45, 7) is 2.11. The molecule has 2 nitrogen and oxygen atoms in total. The lowest BCUT2D eigenvalue weighted by molar-refractivity contribution is 1.22. The highest BCUT2D eigenvalue weighted by Crippen LogP contribution is 2.19. The molecule has 0 bridgehead atoms. The molecule has 0 radical (unpaired) electrons. The third-order valence-corrected chi connectivity index (χ3v) is 2.53. The van der Waals surface area contributed by atoms with Gasteiger partial charge < -0.3 is 0 Å². The Balaban J connectivity index is 2.65. The summed E-state index contributed by atoms with van der Waals surface area (Å²) in [5.74, 6) is 0. The Labute approximate surface area is 81.8 Å². The maximum absolute atomic E-state index is 4.54. The molecule has 68 valence electrons. The number of para-hydroxylation sites is 1. The third kappa shape index (κ3) is 0.880. The first kappa shape index (κ1) is 7.56. The van der Waals surface area contributed by atoms with Gasteiger partial charge in [-0.3, -0.25) is 4.40 Å². The van der Waals surface area contributed by atoms with Gasteiger partial charge in [0.25, 0.3) is 0 Å². The van der Waals surface area contributed by atoms with Gasteiger partial charge in [0.2, 0.25) is 0 Å². The first-order valence-corrected chi connectivity index (χ1v) is 4.69. The van der Waals surface area contributed by atoms with Gasteiger partial charge in [-0.25, -0.2) is 4.98 Å². The van der Waals surface area contributed by atoms with Crippen molar-refractivity contribution >= 4 is 16.7 Å². The average Bonchev–Trinajstić information content (AvgIpc) is 2.57. The maximum Gasteiger partial charge on any atom is 0.137 e. The Hall–Kier alpha value is -1.83. The molecule has 0 N–H and O–H groups in total. The van der Waals surface area contributed by atoms with Crippen molar-refractivity contribution < 1.29 is 0 Å². The summed E-state index contributed by atoms with van der Waals surface area (Å²) in [5, 5.41) is 0. The van der Waals surface area contributed by atoms with Crippen LogP contribution in [-0.4, -0.2) is 9.38 Å². The zero-order chi connectivity index (χ0) is 9.54. The molecule has 3 aromatic rings. The maximum atomic E-state index is 4.54. The van der Waals surface area contributed by atoms with Crippen molar-refractivity contribution in [3.05, 3.63) is 48.2 Å². The van der Waals surface area contributed by atoms with Gasteiger partial charge in [0.05, 0.1) is 11.0 Å². The smallest absolute Gasteiger partial charge is 0.137 e. The molecule has 0 aliphatic rings. The van der Waals surface area contributed by atoms with Crippen molar-refractivity contribution in [3.8, 4) is 0 Å². The molecular weight excluding hydrogens is 172 g/mol. The summed E-state index contributed by atoms with van der Waals surface area (Å²) in [6.07, 6.45) is 2.05. The van der Waals surface area contributed by atoms with Crippen molar-refractivity contribution in [1.82, 2.24) is 9.38 Å². The minimum absolute atomic E-state index is 1.01. The zero-order valence-electron chi connectivity index (χ0n) is 7.94. The van der Waals surface area contributed by atoms with E-state index >= 15 is 0 Å². The van der Waals surface area contributed by atoms with Crippen LogP contribution in [0, 0.1) is 6.92 Å². The summed E-state index contributed by atoms with van der Waals surface area (Å²) in [6, 6.07) is 12.3. The fourth-order valence-electron chi connectivity index (χ4n) is 1.88. The monoisotopic (exact) mass is 182 g/mol. The predicted octanol–water partition coefficient (Wildman–Crippen LogP) is 2.80. The first-order chi connectivity index (χ1) is 6.86. The molecule has 0 saturated heterocycles. The number of benzene rings is 1. The van der Waals surface area contributed by atoms with Gasteiger partial charge in [-0.05, 0) is 30.7 Å². The average molecular weight is 182 g/mol. The molecule has 0 aliphatic heterocycles. The molecule has 0 unspecified atom stereocenters. The molecule has 14 heavy (non-hydrogen) atoms. The third-order valence-electron chi connectivity index (χ3n) is 2.53. The normalized spacial score (nSPS) is 11.2. The lowest BCUT2D eigenvalue weighted by Crippen LogP contribution is -1.84. The second-order valence-corrected chi connectivity index (χ2v) is 3.48. The summed E-state index contributed by atoms with van der Waals surface area (Å²) in [4.78, 5) is 4.54. The SMILES string of the molecule is Cc1cccc2nc3ccccn3c12. The molecule has 0 fully saturated rings. The van der Waals surface area contributed by atoms with E-state index in [4.69, 9.17) is 0 Å². The molecule has 0 aliphatic carbocycles. The molecule has 0 atom stereocenters. The van der Waals surface area contributed by atoms with E-state index in [1.54, 1.807) is 0 Å². The Bertz CT molecular complexity index is 608. The van der Waals surface area contributed by atoms with Gasteiger partial charge in [0.1, 0.15) is 5.65 Å². The fourth-order valence-corrected chi connectivity index (χ4v) is 1.88. The van der Waals surface area contributed by atoms with E-state index < -0.39 is 0 Å². The standard InChI is InChI=1S/C12H10N2/c1-9-5-4-6-10-12(9)14-8-3-2-7-11(14)13-10/h2-8H,1H3. The molecule has 2 heteroatoms. The largest absolute Gasteiger partial charge is 0.299 e. The molecular formula is C12H10N2. The summed E-state index contributed by atoms with van der Waals surface area (Å²) >= 11 is 0. The number of nitrogens with zero attached hydrogens (tertiary/aromatic N) is 2. The van der Waals surface area contributed by atoms with Crippen LogP contribution in [0.3, 0.4) is 0 Å². The highest BCUT2D eigenvalue weighted by molar-refractivity contribution is 5.83. The first-order valence-electron chi connectivity index (χ1n) is 4.69. The predicted molar refractivity (Wildman–Crippen MR) is 57.4 cm³/mol. The summed E-state index contributed by atoms with van der Waals surface area (Å²) in [7, 11) is 0. The highest BCUT2D eigenvalue weighted by Gasteiger charge is 2.04. The molecule has 2 heterocycles. The van der Waals surface area contributed by atoms with E-state index in [9.17, 15) is 0 Å². The van der Waals surface area contributed by atoms with Crippen LogP contribution in [-0.2, 0) is 0 Å². The number of hydrogen-bond donors (Lipinski definition) is 0. The van der Waals surface area contributed by atoms with Crippen LogP contribution >= 0.6 is 0 Å². The van der Waals surface area contributed by atoms with Gasteiger partial charge in [-0.15, -0.1) is 0 Å². The number of fused-ring (bicyclic) bond motifs is 3. The number of aromatic nitrogens is 2. The fraction of sp³-hybridized carbons (Fsp3) is 0.0833. The Morgan fingerprint density at radius 2 is 2.00 bits per heavy atom. The number of pyridine rings is 1. The van der Waals surface area contributed by atoms with Crippen LogP contribution in [0.15, 0.2) is 42.6 Å². The van der Waals surface area contributed by atoms with Gasteiger partial charge in [-0.1, -0.05) is 18.2 Å². The lowest BCUT2D eigenvalue weighted by Gasteiger charge is -1.97. The minimum Gasteiger partial charge on any atom is -0.299 e. The van der Waals surface area contributed by atoms with Crippen molar-refractivity contribution in [2.24, 2.45) is 0 Å².